The molecule has 2 bridgehead atoms. The number of likely N-dealkylation sites (tertiary alicyclic amines) is 1. The summed E-state index contributed by atoms with van der Waals surface area (Å²) in [4.78, 5) is 2.62. The van der Waals surface area contributed by atoms with Gasteiger partial charge in [-0.1, -0.05) is 6.42 Å². The molecule has 2 saturated carbocycles. The monoisotopic (exact) mass is 195 g/mol. The van der Waals surface area contributed by atoms with Crippen molar-refractivity contribution in [1.29, 1.82) is 0 Å². The molecule has 0 aromatic rings. The summed E-state index contributed by atoms with van der Waals surface area (Å²) in [6.45, 7) is 3.67. The lowest BCUT2D eigenvalue weighted by atomic mass is 9.75. The van der Waals surface area contributed by atoms with Crippen LogP contribution in [0.15, 0.2) is 0 Å². The quantitative estimate of drug-likeness (QED) is 0.721. The van der Waals surface area contributed by atoms with Crippen LogP contribution < -0.4 is 0 Å². The minimum atomic E-state index is 0.0270. The lowest BCUT2D eigenvalue weighted by Crippen LogP contribution is -2.51. The van der Waals surface area contributed by atoms with Crippen molar-refractivity contribution in [1.82, 2.24) is 4.90 Å². The summed E-state index contributed by atoms with van der Waals surface area (Å²) in [5.41, 5.74) is 0. The predicted molar refractivity (Wildman–Crippen MR) is 56.0 cm³/mol. The van der Waals surface area contributed by atoms with Crippen LogP contribution in [0.5, 0.6) is 0 Å². The lowest BCUT2D eigenvalue weighted by Gasteiger charge is -2.45. The van der Waals surface area contributed by atoms with Gasteiger partial charge < -0.3 is 10.0 Å². The fourth-order valence-electron chi connectivity index (χ4n) is 3.32. The molecule has 80 valence electrons. The van der Waals surface area contributed by atoms with Gasteiger partial charge in [0.05, 0.1) is 6.10 Å². The highest BCUT2D eigenvalue weighted by molar-refractivity contribution is 4.91. The number of hydrogen-bond acceptors (Lipinski definition) is 2. The first kappa shape index (κ1) is 9.17. The van der Waals surface area contributed by atoms with Crippen LogP contribution in [0.1, 0.15) is 32.1 Å². The Labute approximate surface area is 86.3 Å². The molecule has 0 aromatic carbocycles. The Hall–Kier alpha value is -0.0800. The van der Waals surface area contributed by atoms with E-state index in [0.29, 0.717) is 11.8 Å². The van der Waals surface area contributed by atoms with E-state index in [0.717, 1.165) is 5.92 Å². The highest BCUT2D eigenvalue weighted by Crippen LogP contribution is 2.37. The summed E-state index contributed by atoms with van der Waals surface area (Å²) in [6.07, 6.45) is 6.81. The van der Waals surface area contributed by atoms with Crippen molar-refractivity contribution >= 4 is 0 Å². The molecular weight excluding hydrogens is 174 g/mol. The zero-order chi connectivity index (χ0) is 9.54. The Kier molecular flexibility index (Phi) is 2.29. The van der Waals surface area contributed by atoms with Crippen LogP contribution >= 0.6 is 0 Å². The van der Waals surface area contributed by atoms with Crippen LogP contribution in [0.3, 0.4) is 0 Å². The summed E-state index contributed by atoms with van der Waals surface area (Å²) in [6, 6.07) is 0. The molecule has 0 aromatic heterocycles. The van der Waals surface area contributed by atoms with Crippen molar-refractivity contribution in [3.8, 4) is 0 Å². The molecule has 2 nitrogen and oxygen atoms in total. The van der Waals surface area contributed by atoms with Crippen molar-refractivity contribution in [2.75, 3.05) is 19.6 Å². The number of aliphatic hydroxyl groups excluding tert-OH is 1. The molecule has 14 heavy (non-hydrogen) atoms. The van der Waals surface area contributed by atoms with Gasteiger partial charge in [-0.25, -0.2) is 0 Å². The van der Waals surface area contributed by atoms with Gasteiger partial charge in [-0.15, -0.1) is 0 Å². The summed E-state index contributed by atoms with van der Waals surface area (Å²) in [5, 5.41) is 10.0. The molecule has 2 atom stereocenters. The van der Waals surface area contributed by atoms with Crippen molar-refractivity contribution < 1.29 is 5.11 Å². The van der Waals surface area contributed by atoms with Gasteiger partial charge in [-0.05, 0) is 43.4 Å². The average Bonchev–Trinajstić information content (AvgIpc) is 2.90. The molecule has 0 radical (unpaired) electrons. The molecule has 1 saturated heterocycles. The number of piperidine rings is 1. The number of rotatable bonds is 2. The normalized spacial score (nSPS) is 43.9. The Morgan fingerprint density at radius 3 is 2.21 bits per heavy atom. The smallest absolute Gasteiger partial charge is 0.0620 e. The van der Waals surface area contributed by atoms with E-state index in [2.05, 4.69) is 4.90 Å². The van der Waals surface area contributed by atoms with Crippen molar-refractivity contribution in [2.45, 2.75) is 38.2 Å². The van der Waals surface area contributed by atoms with E-state index in [1.807, 2.05) is 0 Å². The number of nitrogens with zero attached hydrogens (tertiary/aromatic N) is 1. The van der Waals surface area contributed by atoms with E-state index in [4.69, 9.17) is 0 Å². The summed E-state index contributed by atoms with van der Waals surface area (Å²) < 4.78 is 0. The molecule has 2 heteroatoms. The molecule has 0 spiro atoms. The first-order valence-corrected chi connectivity index (χ1v) is 6.23. The Balaban J connectivity index is 1.62. The summed E-state index contributed by atoms with van der Waals surface area (Å²) in [7, 11) is 0. The van der Waals surface area contributed by atoms with Crippen molar-refractivity contribution in [3.63, 3.8) is 0 Å². The topological polar surface area (TPSA) is 23.5 Å². The van der Waals surface area contributed by atoms with E-state index in [1.165, 1.54) is 51.7 Å². The second-order valence-electron chi connectivity index (χ2n) is 5.60. The zero-order valence-corrected chi connectivity index (χ0v) is 8.86. The fourth-order valence-corrected chi connectivity index (χ4v) is 3.32. The molecule has 0 amide bonds. The van der Waals surface area contributed by atoms with E-state index < -0.39 is 0 Å². The van der Waals surface area contributed by atoms with Gasteiger partial charge in [-0.2, -0.15) is 0 Å². The van der Waals surface area contributed by atoms with Gasteiger partial charge in [0.1, 0.15) is 0 Å². The summed E-state index contributed by atoms with van der Waals surface area (Å²) >= 11 is 0. The first-order chi connectivity index (χ1) is 6.83. The van der Waals surface area contributed by atoms with E-state index >= 15 is 0 Å². The highest BCUT2D eigenvalue weighted by atomic mass is 16.3. The number of hydrogen-bond donors (Lipinski definition) is 1. The first-order valence-electron chi connectivity index (χ1n) is 6.23. The van der Waals surface area contributed by atoms with Crippen molar-refractivity contribution in [3.05, 3.63) is 0 Å². The predicted octanol–water partition coefficient (Wildman–Crippen LogP) is 1.49. The van der Waals surface area contributed by atoms with Gasteiger partial charge in [-0.3, -0.25) is 0 Å². The average molecular weight is 195 g/mol. The molecule has 1 N–H and O–H groups in total. The Morgan fingerprint density at radius 1 is 1.00 bits per heavy atom. The van der Waals surface area contributed by atoms with Gasteiger partial charge in [0.15, 0.2) is 0 Å². The van der Waals surface area contributed by atoms with Gasteiger partial charge in [0.2, 0.25) is 0 Å². The van der Waals surface area contributed by atoms with E-state index in [1.54, 1.807) is 0 Å². The Bertz CT molecular complexity index is 200. The third-order valence-corrected chi connectivity index (χ3v) is 4.31. The molecular formula is C12H21NO. The minimum absolute atomic E-state index is 0.0270. The molecule has 1 aliphatic heterocycles. The van der Waals surface area contributed by atoms with Crippen LogP contribution in [-0.2, 0) is 0 Å². The molecule has 1 heterocycles. The maximum absolute atomic E-state index is 10.0. The highest BCUT2D eigenvalue weighted by Gasteiger charge is 2.39. The standard InChI is InChI=1S/C12H21NO/c14-12-10-2-1-3-11(12)8-13(7-10)6-9-4-5-9/h9-12,14H,1-8H2. The van der Waals surface area contributed by atoms with Gasteiger partial charge in [0, 0.05) is 19.6 Å². The largest absolute Gasteiger partial charge is 0.392 e. The van der Waals surface area contributed by atoms with Crippen molar-refractivity contribution in [2.24, 2.45) is 17.8 Å². The molecule has 2 unspecified atom stereocenters. The van der Waals surface area contributed by atoms with E-state index in [-0.39, 0.29) is 6.10 Å². The zero-order valence-electron chi connectivity index (χ0n) is 8.86. The van der Waals surface area contributed by atoms with Crippen LogP contribution in [0.2, 0.25) is 0 Å². The number of fused-ring (bicyclic) bond motifs is 2. The fraction of sp³-hybridized carbons (Fsp3) is 1.00. The van der Waals surface area contributed by atoms with E-state index in [9.17, 15) is 5.11 Å². The summed E-state index contributed by atoms with van der Waals surface area (Å²) in [5.74, 6) is 2.20. The molecule has 2 aliphatic carbocycles. The maximum atomic E-state index is 10.0. The molecule has 3 fully saturated rings. The van der Waals surface area contributed by atoms with Gasteiger partial charge in [0.25, 0.3) is 0 Å². The lowest BCUT2D eigenvalue weighted by molar-refractivity contribution is -0.0503. The minimum Gasteiger partial charge on any atom is -0.392 e. The third-order valence-electron chi connectivity index (χ3n) is 4.31. The van der Waals surface area contributed by atoms with Crippen LogP contribution in [0.25, 0.3) is 0 Å². The second-order valence-corrected chi connectivity index (χ2v) is 5.60. The number of aliphatic hydroxyl groups is 1. The SMILES string of the molecule is OC1C2CCCC1CN(CC1CC1)C2. The molecule has 3 rings (SSSR count). The van der Waals surface area contributed by atoms with Crippen LogP contribution in [-0.4, -0.2) is 35.7 Å². The maximum Gasteiger partial charge on any atom is 0.0620 e. The second kappa shape index (κ2) is 3.49. The Morgan fingerprint density at radius 2 is 1.64 bits per heavy atom. The van der Waals surface area contributed by atoms with Crippen LogP contribution in [0, 0.1) is 17.8 Å². The van der Waals surface area contributed by atoms with Crippen LogP contribution in [0.4, 0.5) is 0 Å². The molecule has 3 aliphatic rings. The third kappa shape index (κ3) is 1.70. The van der Waals surface area contributed by atoms with Gasteiger partial charge >= 0.3 is 0 Å².